The van der Waals surface area contributed by atoms with Crippen molar-refractivity contribution in [3.63, 3.8) is 0 Å². The minimum atomic E-state index is -1.06. The van der Waals surface area contributed by atoms with E-state index < -0.39 is 12.6 Å². The van der Waals surface area contributed by atoms with Gasteiger partial charge in [0.25, 0.3) is 0 Å². The monoisotopic (exact) mass is 384 g/mol. The fourth-order valence-electron chi connectivity index (χ4n) is 2.61. The molecule has 28 heavy (non-hydrogen) atoms. The molecule has 2 amide bonds. The normalized spacial score (nSPS) is 10.2. The molecule has 7 nitrogen and oxygen atoms in total. The third-order valence-corrected chi connectivity index (χ3v) is 4.10. The van der Waals surface area contributed by atoms with E-state index in [0.717, 1.165) is 11.1 Å². The van der Waals surface area contributed by atoms with Crippen LogP contribution in [0.15, 0.2) is 48.5 Å². The van der Waals surface area contributed by atoms with E-state index in [1.807, 2.05) is 30.3 Å². The molecule has 2 rings (SSSR count). The highest BCUT2D eigenvalue weighted by Crippen LogP contribution is 2.21. The Labute approximate surface area is 163 Å². The van der Waals surface area contributed by atoms with Gasteiger partial charge in [0.05, 0.1) is 0 Å². The number of carboxylic acid groups (broad SMARTS) is 1. The SMILES string of the molecule is CC(=O)N(CCC(=O)Nc1ccc(OCC(=O)O)cc1C)Cc1ccccc1. The van der Waals surface area contributed by atoms with Crippen molar-refractivity contribution in [3.8, 4) is 5.75 Å². The van der Waals surface area contributed by atoms with Crippen LogP contribution in [0.25, 0.3) is 0 Å². The third-order valence-electron chi connectivity index (χ3n) is 4.10. The molecular formula is C21H24N2O5. The van der Waals surface area contributed by atoms with E-state index in [1.165, 1.54) is 6.92 Å². The number of hydrogen-bond donors (Lipinski definition) is 2. The zero-order valence-electron chi connectivity index (χ0n) is 16.0. The van der Waals surface area contributed by atoms with E-state index in [-0.39, 0.29) is 18.2 Å². The van der Waals surface area contributed by atoms with Crippen LogP contribution in [0.2, 0.25) is 0 Å². The average molecular weight is 384 g/mol. The maximum atomic E-state index is 12.3. The van der Waals surface area contributed by atoms with Gasteiger partial charge in [0.1, 0.15) is 5.75 Å². The van der Waals surface area contributed by atoms with Crippen LogP contribution in [0.1, 0.15) is 24.5 Å². The summed E-state index contributed by atoms with van der Waals surface area (Å²) in [4.78, 5) is 36.3. The Balaban J connectivity index is 1.90. The van der Waals surface area contributed by atoms with Crippen molar-refractivity contribution in [2.75, 3.05) is 18.5 Å². The van der Waals surface area contributed by atoms with Gasteiger partial charge in [0.2, 0.25) is 11.8 Å². The van der Waals surface area contributed by atoms with E-state index in [9.17, 15) is 14.4 Å². The molecule has 0 aliphatic rings. The zero-order chi connectivity index (χ0) is 20.5. The number of nitrogens with one attached hydrogen (secondary N) is 1. The lowest BCUT2D eigenvalue weighted by atomic mass is 10.2. The summed E-state index contributed by atoms with van der Waals surface area (Å²) in [5, 5.41) is 11.5. The molecule has 0 radical (unpaired) electrons. The minimum absolute atomic E-state index is 0.0900. The number of nitrogens with zero attached hydrogens (tertiary/aromatic N) is 1. The van der Waals surface area contributed by atoms with Gasteiger partial charge in [0, 0.05) is 32.1 Å². The fourth-order valence-corrected chi connectivity index (χ4v) is 2.61. The molecule has 0 heterocycles. The Morgan fingerprint density at radius 2 is 1.82 bits per heavy atom. The van der Waals surface area contributed by atoms with Gasteiger partial charge in [-0.15, -0.1) is 0 Å². The second-order valence-electron chi connectivity index (χ2n) is 6.38. The number of carbonyl (C=O) groups excluding carboxylic acids is 2. The average Bonchev–Trinajstić information content (AvgIpc) is 2.66. The summed E-state index contributed by atoms with van der Waals surface area (Å²) in [5.41, 5.74) is 2.37. The Kier molecular flexibility index (Phi) is 7.56. The maximum absolute atomic E-state index is 12.3. The Morgan fingerprint density at radius 3 is 2.43 bits per heavy atom. The van der Waals surface area contributed by atoms with Crippen LogP contribution in [0.5, 0.6) is 5.75 Å². The molecule has 0 atom stereocenters. The van der Waals surface area contributed by atoms with Gasteiger partial charge in [-0.3, -0.25) is 9.59 Å². The molecule has 0 unspecified atom stereocenters. The van der Waals surface area contributed by atoms with Crippen molar-refractivity contribution >= 4 is 23.5 Å². The zero-order valence-corrected chi connectivity index (χ0v) is 16.0. The van der Waals surface area contributed by atoms with Gasteiger partial charge in [-0.2, -0.15) is 0 Å². The Hall–Kier alpha value is -3.35. The van der Waals surface area contributed by atoms with Crippen molar-refractivity contribution in [1.29, 1.82) is 0 Å². The lowest BCUT2D eigenvalue weighted by Gasteiger charge is -2.21. The van der Waals surface area contributed by atoms with Crippen LogP contribution in [0.4, 0.5) is 5.69 Å². The smallest absolute Gasteiger partial charge is 0.341 e. The van der Waals surface area contributed by atoms with E-state index in [1.54, 1.807) is 30.0 Å². The number of carbonyl (C=O) groups is 3. The number of ether oxygens (including phenoxy) is 1. The highest BCUT2D eigenvalue weighted by atomic mass is 16.5. The number of hydrogen-bond acceptors (Lipinski definition) is 4. The fraction of sp³-hybridized carbons (Fsp3) is 0.286. The summed E-state index contributed by atoms with van der Waals surface area (Å²) < 4.78 is 5.11. The Bertz CT molecular complexity index is 836. The quantitative estimate of drug-likeness (QED) is 0.693. The minimum Gasteiger partial charge on any atom is -0.482 e. The van der Waals surface area contributed by atoms with Crippen LogP contribution in [0, 0.1) is 6.92 Å². The predicted octanol–water partition coefficient (Wildman–Crippen LogP) is 2.84. The van der Waals surface area contributed by atoms with Gasteiger partial charge in [-0.25, -0.2) is 4.79 Å². The number of aliphatic carboxylic acids is 1. The molecule has 2 N–H and O–H groups in total. The van der Waals surface area contributed by atoms with E-state index in [4.69, 9.17) is 9.84 Å². The molecule has 0 spiro atoms. The Morgan fingerprint density at radius 1 is 1.11 bits per heavy atom. The van der Waals surface area contributed by atoms with E-state index in [2.05, 4.69) is 5.32 Å². The first kappa shape index (κ1) is 21.0. The molecule has 7 heteroatoms. The van der Waals surface area contributed by atoms with Gasteiger partial charge < -0.3 is 20.1 Å². The van der Waals surface area contributed by atoms with Gasteiger partial charge in [-0.1, -0.05) is 30.3 Å². The van der Waals surface area contributed by atoms with Gasteiger partial charge >= 0.3 is 5.97 Å². The number of rotatable bonds is 9. The topological polar surface area (TPSA) is 95.9 Å². The molecule has 0 bridgehead atoms. The van der Waals surface area contributed by atoms with Crippen LogP contribution in [0.3, 0.4) is 0 Å². The van der Waals surface area contributed by atoms with Crippen LogP contribution in [-0.2, 0) is 20.9 Å². The number of aryl methyl sites for hydroxylation is 1. The first-order chi connectivity index (χ1) is 13.3. The molecule has 0 saturated carbocycles. The largest absolute Gasteiger partial charge is 0.482 e. The van der Waals surface area contributed by atoms with E-state index in [0.29, 0.717) is 24.5 Å². The number of anilines is 1. The first-order valence-electron chi connectivity index (χ1n) is 8.89. The predicted molar refractivity (Wildman–Crippen MR) is 105 cm³/mol. The molecule has 0 aromatic heterocycles. The van der Waals surface area contributed by atoms with Crippen molar-refractivity contribution < 1.29 is 24.2 Å². The molecular weight excluding hydrogens is 360 g/mol. The summed E-state index contributed by atoms with van der Waals surface area (Å²) >= 11 is 0. The molecule has 148 valence electrons. The molecule has 0 aliphatic carbocycles. The summed E-state index contributed by atoms with van der Waals surface area (Å²) in [6, 6.07) is 14.5. The molecule has 2 aromatic rings. The first-order valence-corrected chi connectivity index (χ1v) is 8.89. The standard InChI is InChI=1S/C21H24N2O5/c1-15-12-18(28-14-21(26)27)8-9-19(15)22-20(25)10-11-23(16(2)24)13-17-6-4-3-5-7-17/h3-9,12H,10-11,13-14H2,1-2H3,(H,22,25)(H,26,27). The number of benzene rings is 2. The highest BCUT2D eigenvalue weighted by Gasteiger charge is 2.13. The second-order valence-corrected chi connectivity index (χ2v) is 6.38. The summed E-state index contributed by atoms with van der Waals surface area (Å²) in [5.74, 6) is -0.932. The van der Waals surface area contributed by atoms with Gasteiger partial charge in [0.15, 0.2) is 6.61 Å². The van der Waals surface area contributed by atoms with Crippen molar-refractivity contribution in [2.45, 2.75) is 26.8 Å². The summed E-state index contributed by atoms with van der Waals surface area (Å²) in [6.45, 7) is 3.63. The summed E-state index contributed by atoms with van der Waals surface area (Å²) in [6.07, 6.45) is 0.170. The lowest BCUT2D eigenvalue weighted by molar-refractivity contribution is -0.139. The maximum Gasteiger partial charge on any atom is 0.341 e. The van der Waals surface area contributed by atoms with Crippen LogP contribution < -0.4 is 10.1 Å². The summed E-state index contributed by atoms with van der Waals surface area (Å²) in [7, 11) is 0. The van der Waals surface area contributed by atoms with Crippen molar-refractivity contribution in [2.24, 2.45) is 0 Å². The highest BCUT2D eigenvalue weighted by molar-refractivity contribution is 5.92. The van der Waals surface area contributed by atoms with Crippen molar-refractivity contribution in [1.82, 2.24) is 4.90 Å². The molecule has 0 saturated heterocycles. The molecule has 0 fully saturated rings. The van der Waals surface area contributed by atoms with E-state index >= 15 is 0 Å². The third kappa shape index (κ3) is 6.75. The second kappa shape index (κ2) is 10.1. The van der Waals surface area contributed by atoms with Crippen LogP contribution >= 0.6 is 0 Å². The van der Waals surface area contributed by atoms with Crippen LogP contribution in [-0.4, -0.2) is 40.9 Å². The lowest BCUT2D eigenvalue weighted by Crippen LogP contribution is -2.31. The number of carboxylic acids is 1. The van der Waals surface area contributed by atoms with Gasteiger partial charge in [-0.05, 0) is 36.2 Å². The molecule has 2 aromatic carbocycles. The molecule has 0 aliphatic heterocycles. The van der Waals surface area contributed by atoms with Crippen molar-refractivity contribution in [3.05, 3.63) is 59.7 Å². The number of amides is 2.